The fourth-order valence-corrected chi connectivity index (χ4v) is 3.27. The third kappa shape index (κ3) is 2.52. The van der Waals surface area contributed by atoms with Crippen molar-refractivity contribution in [2.75, 3.05) is 7.11 Å². The summed E-state index contributed by atoms with van der Waals surface area (Å²) in [5.41, 5.74) is 3.48. The van der Waals surface area contributed by atoms with Gasteiger partial charge in [0.15, 0.2) is 0 Å². The number of para-hydroxylation sites is 1. The lowest BCUT2D eigenvalue weighted by Crippen LogP contribution is -2.22. The van der Waals surface area contributed by atoms with Gasteiger partial charge < -0.3 is 4.74 Å². The second kappa shape index (κ2) is 5.82. The predicted molar refractivity (Wildman–Crippen MR) is 91.8 cm³/mol. The number of thiol groups is 1. The first kappa shape index (κ1) is 14.0. The van der Waals surface area contributed by atoms with E-state index in [0.29, 0.717) is 0 Å². The Morgan fingerprint density at radius 3 is 2.48 bits per heavy atom. The fraction of sp³-hybridized carbons (Fsp3) is 0.158. The van der Waals surface area contributed by atoms with Crippen LogP contribution in [0, 0.1) is 0 Å². The van der Waals surface area contributed by atoms with Gasteiger partial charge in [0.05, 0.1) is 11.9 Å². The third-order valence-electron chi connectivity index (χ3n) is 3.91. The molecular formula is C19H18OS. The van der Waals surface area contributed by atoms with Gasteiger partial charge in [-0.3, -0.25) is 0 Å². The zero-order chi connectivity index (χ0) is 14.7. The zero-order valence-corrected chi connectivity index (χ0v) is 12.9. The topological polar surface area (TPSA) is 9.23 Å². The summed E-state index contributed by atoms with van der Waals surface area (Å²) in [6, 6.07) is 18.5. The van der Waals surface area contributed by atoms with Crippen molar-refractivity contribution in [1.29, 1.82) is 0 Å². The highest BCUT2D eigenvalue weighted by Crippen LogP contribution is 2.48. The first-order chi connectivity index (χ1) is 10.3. The van der Waals surface area contributed by atoms with Crippen molar-refractivity contribution in [3.05, 3.63) is 84.0 Å². The van der Waals surface area contributed by atoms with Crippen molar-refractivity contribution in [2.24, 2.45) is 0 Å². The first-order valence-corrected chi connectivity index (χ1v) is 7.49. The standard InChI is InChI=1S/C19H18OS/c1-20-18-13-6-5-11-16(18)17-12-7-8-14-19(17,21)15-9-3-2-4-10-15/h2-13,21H,14H2,1H3. The van der Waals surface area contributed by atoms with Crippen LogP contribution in [0.4, 0.5) is 0 Å². The van der Waals surface area contributed by atoms with Gasteiger partial charge in [0.25, 0.3) is 0 Å². The number of allylic oxidation sites excluding steroid dienone is 3. The number of hydrogen-bond donors (Lipinski definition) is 1. The Morgan fingerprint density at radius 1 is 1.00 bits per heavy atom. The van der Waals surface area contributed by atoms with Crippen LogP contribution >= 0.6 is 12.6 Å². The van der Waals surface area contributed by atoms with E-state index >= 15 is 0 Å². The van der Waals surface area contributed by atoms with E-state index in [1.807, 2.05) is 24.3 Å². The van der Waals surface area contributed by atoms with Gasteiger partial charge in [-0.2, -0.15) is 12.6 Å². The molecule has 2 aromatic carbocycles. The molecule has 106 valence electrons. The lowest BCUT2D eigenvalue weighted by Gasteiger charge is -2.34. The van der Waals surface area contributed by atoms with E-state index in [9.17, 15) is 0 Å². The molecule has 1 aliphatic rings. The van der Waals surface area contributed by atoms with Gasteiger partial charge in [-0.05, 0) is 23.6 Å². The SMILES string of the molecule is COc1ccccc1C1=CC=CCC1(S)c1ccccc1. The molecule has 0 radical (unpaired) electrons. The monoisotopic (exact) mass is 294 g/mol. The summed E-state index contributed by atoms with van der Waals surface area (Å²) in [5.74, 6) is 0.883. The highest BCUT2D eigenvalue weighted by atomic mass is 32.1. The average molecular weight is 294 g/mol. The molecule has 0 aromatic heterocycles. The van der Waals surface area contributed by atoms with Gasteiger partial charge in [-0.15, -0.1) is 0 Å². The minimum atomic E-state index is -0.329. The molecule has 21 heavy (non-hydrogen) atoms. The molecule has 0 spiro atoms. The highest BCUT2D eigenvalue weighted by molar-refractivity contribution is 7.82. The molecule has 1 unspecified atom stereocenters. The second-order valence-corrected chi connectivity index (χ2v) is 5.90. The molecule has 0 saturated heterocycles. The third-order valence-corrected chi connectivity index (χ3v) is 4.59. The minimum absolute atomic E-state index is 0.329. The van der Waals surface area contributed by atoms with E-state index in [2.05, 4.69) is 48.6 Å². The van der Waals surface area contributed by atoms with E-state index in [-0.39, 0.29) is 4.75 Å². The summed E-state index contributed by atoms with van der Waals surface area (Å²) in [7, 11) is 1.71. The number of rotatable bonds is 3. The van der Waals surface area contributed by atoms with Crippen molar-refractivity contribution < 1.29 is 4.74 Å². The average Bonchev–Trinajstić information content (AvgIpc) is 2.56. The molecule has 0 N–H and O–H groups in total. The Bertz CT molecular complexity index is 688. The molecule has 3 rings (SSSR count). The highest BCUT2D eigenvalue weighted by Gasteiger charge is 2.34. The van der Waals surface area contributed by atoms with Gasteiger partial charge in [0, 0.05) is 5.56 Å². The molecule has 2 aromatic rings. The molecule has 0 heterocycles. The molecule has 2 heteroatoms. The van der Waals surface area contributed by atoms with Crippen LogP contribution in [-0.2, 0) is 4.75 Å². The van der Waals surface area contributed by atoms with Crippen LogP contribution < -0.4 is 4.74 Å². The largest absolute Gasteiger partial charge is 0.496 e. The van der Waals surface area contributed by atoms with Crippen LogP contribution in [0.1, 0.15) is 17.5 Å². The molecule has 1 nitrogen and oxygen atoms in total. The molecule has 0 fully saturated rings. The van der Waals surface area contributed by atoms with Crippen molar-refractivity contribution in [3.8, 4) is 5.75 Å². The maximum Gasteiger partial charge on any atom is 0.126 e. The van der Waals surface area contributed by atoms with Gasteiger partial charge in [-0.1, -0.05) is 66.8 Å². The van der Waals surface area contributed by atoms with Crippen LogP contribution in [-0.4, -0.2) is 7.11 Å². The van der Waals surface area contributed by atoms with E-state index in [0.717, 1.165) is 17.7 Å². The molecule has 0 amide bonds. The van der Waals surface area contributed by atoms with Gasteiger partial charge in [0.2, 0.25) is 0 Å². The minimum Gasteiger partial charge on any atom is -0.496 e. The van der Waals surface area contributed by atoms with Crippen LogP contribution in [0.3, 0.4) is 0 Å². The Balaban J connectivity index is 2.15. The van der Waals surface area contributed by atoms with Gasteiger partial charge in [0.1, 0.15) is 5.75 Å². The summed E-state index contributed by atoms with van der Waals surface area (Å²) in [6.07, 6.45) is 7.27. The molecule has 0 bridgehead atoms. The van der Waals surface area contributed by atoms with Crippen LogP contribution in [0.25, 0.3) is 5.57 Å². The maximum absolute atomic E-state index is 5.53. The van der Waals surface area contributed by atoms with E-state index in [1.165, 1.54) is 11.1 Å². The summed E-state index contributed by atoms with van der Waals surface area (Å²) < 4.78 is 5.20. The normalized spacial score (nSPS) is 21.0. The number of methoxy groups -OCH3 is 1. The van der Waals surface area contributed by atoms with E-state index in [1.54, 1.807) is 7.11 Å². The van der Waals surface area contributed by atoms with Crippen LogP contribution in [0.2, 0.25) is 0 Å². The van der Waals surface area contributed by atoms with Crippen molar-refractivity contribution in [2.45, 2.75) is 11.2 Å². The van der Waals surface area contributed by atoms with Crippen molar-refractivity contribution in [1.82, 2.24) is 0 Å². The lowest BCUT2D eigenvalue weighted by molar-refractivity contribution is 0.413. The second-order valence-electron chi connectivity index (χ2n) is 5.14. The summed E-state index contributed by atoms with van der Waals surface area (Å²) in [5, 5.41) is 0. The van der Waals surface area contributed by atoms with Gasteiger partial charge >= 0.3 is 0 Å². The Morgan fingerprint density at radius 2 is 1.71 bits per heavy atom. The summed E-state index contributed by atoms with van der Waals surface area (Å²) in [4.78, 5) is 0. The smallest absolute Gasteiger partial charge is 0.126 e. The molecular weight excluding hydrogens is 276 g/mol. The summed E-state index contributed by atoms with van der Waals surface area (Å²) >= 11 is 5.06. The molecule has 1 aliphatic carbocycles. The molecule has 0 aliphatic heterocycles. The maximum atomic E-state index is 5.53. The van der Waals surface area contributed by atoms with Crippen LogP contribution in [0.15, 0.2) is 72.8 Å². The number of ether oxygens (including phenoxy) is 1. The van der Waals surface area contributed by atoms with E-state index in [4.69, 9.17) is 17.4 Å². The quantitative estimate of drug-likeness (QED) is 0.795. The van der Waals surface area contributed by atoms with Gasteiger partial charge in [-0.25, -0.2) is 0 Å². The van der Waals surface area contributed by atoms with Crippen LogP contribution in [0.5, 0.6) is 5.75 Å². The van der Waals surface area contributed by atoms with Crippen molar-refractivity contribution >= 4 is 18.2 Å². The number of benzene rings is 2. The number of hydrogen-bond acceptors (Lipinski definition) is 2. The Labute approximate surface area is 131 Å². The fourth-order valence-electron chi connectivity index (χ4n) is 2.82. The van der Waals surface area contributed by atoms with Crippen molar-refractivity contribution in [3.63, 3.8) is 0 Å². The lowest BCUT2D eigenvalue weighted by atomic mass is 9.80. The van der Waals surface area contributed by atoms with E-state index < -0.39 is 0 Å². The zero-order valence-electron chi connectivity index (χ0n) is 12.0. The molecule has 1 atom stereocenters. The molecule has 0 saturated carbocycles. The Kier molecular flexibility index (Phi) is 3.89. The predicted octanol–water partition coefficient (Wildman–Crippen LogP) is 4.86. The summed E-state index contributed by atoms with van der Waals surface area (Å²) in [6.45, 7) is 0. The first-order valence-electron chi connectivity index (χ1n) is 7.04. The Hall–Kier alpha value is -1.93.